The summed E-state index contributed by atoms with van der Waals surface area (Å²) in [5.41, 5.74) is 1.15. The predicted molar refractivity (Wildman–Crippen MR) is 91.6 cm³/mol. The number of hydrogen-bond donors (Lipinski definition) is 2. The van der Waals surface area contributed by atoms with E-state index in [9.17, 15) is 4.79 Å². The normalized spacial score (nSPS) is 17.2. The lowest BCUT2D eigenvalue weighted by molar-refractivity contribution is 0.102. The van der Waals surface area contributed by atoms with Crippen LogP contribution in [0.1, 0.15) is 29.4 Å². The predicted octanol–water partition coefficient (Wildman–Crippen LogP) is 2.49. The molecule has 23 heavy (non-hydrogen) atoms. The van der Waals surface area contributed by atoms with Crippen LogP contribution in [0.3, 0.4) is 0 Å². The van der Waals surface area contributed by atoms with Crippen LogP contribution >= 0.6 is 12.4 Å². The number of ether oxygens (including phenoxy) is 1. The quantitative estimate of drug-likeness (QED) is 0.900. The van der Waals surface area contributed by atoms with E-state index in [1.807, 2.05) is 23.0 Å². The maximum atomic E-state index is 12.2. The number of hydrogen-bond acceptors (Lipinski definition) is 4. The van der Waals surface area contributed by atoms with Gasteiger partial charge in [-0.1, -0.05) is 0 Å². The number of halogens is 1. The number of rotatable bonds is 4. The Hall–Kier alpha value is -2.05. The summed E-state index contributed by atoms with van der Waals surface area (Å²) in [6.45, 7) is 1.96. The molecule has 0 spiro atoms. The Labute approximate surface area is 141 Å². The number of carbonyl (C=O) groups excluding carboxylic acids is 1. The molecule has 1 fully saturated rings. The number of nitrogens with zero attached hydrogens (tertiary/aromatic N) is 2. The van der Waals surface area contributed by atoms with E-state index in [1.165, 1.54) is 0 Å². The summed E-state index contributed by atoms with van der Waals surface area (Å²) >= 11 is 0. The van der Waals surface area contributed by atoms with Crippen LogP contribution in [0.2, 0.25) is 0 Å². The summed E-state index contributed by atoms with van der Waals surface area (Å²) in [6.07, 6.45) is 4.10. The summed E-state index contributed by atoms with van der Waals surface area (Å²) < 4.78 is 6.98. The minimum absolute atomic E-state index is 0. The molecule has 1 unspecified atom stereocenters. The number of anilines is 1. The fourth-order valence-electron chi connectivity index (χ4n) is 2.59. The van der Waals surface area contributed by atoms with E-state index in [0.29, 0.717) is 11.7 Å². The Morgan fingerprint density at radius 3 is 2.78 bits per heavy atom. The molecule has 1 aliphatic rings. The van der Waals surface area contributed by atoms with Gasteiger partial charge in [-0.15, -0.1) is 12.4 Å². The van der Waals surface area contributed by atoms with Gasteiger partial charge in [-0.2, -0.15) is 5.10 Å². The van der Waals surface area contributed by atoms with E-state index in [0.717, 1.165) is 37.4 Å². The first-order valence-electron chi connectivity index (χ1n) is 7.47. The third kappa shape index (κ3) is 4.24. The Balaban J connectivity index is 0.00000192. The minimum Gasteiger partial charge on any atom is -0.497 e. The first-order valence-corrected chi connectivity index (χ1v) is 7.47. The first kappa shape index (κ1) is 17.3. The Morgan fingerprint density at radius 1 is 1.35 bits per heavy atom. The van der Waals surface area contributed by atoms with Gasteiger partial charge in [0.1, 0.15) is 5.75 Å². The molecule has 1 aromatic carbocycles. The highest BCUT2D eigenvalue weighted by Gasteiger charge is 2.17. The molecular weight excluding hydrogens is 316 g/mol. The average molecular weight is 337 g/mol. The molecule has 0 aliphatic carbocycles. The fourth-order valence-corrected chi connectivity index (χ4v) is 2.59. The fraction of sp³-hybridized carbons (Fsp3) is 0.375. The number of carbonyl (C=O) groups is 1. The number of nitrogens with one attached hydrogen (secondary N) is 2. The van der Waals surface area contributed by atoms with Gasteiger partial charge in [-0.3, -0.25) is 9.48 Å². The van der Waals surface area contributed by atoms with Crippen LogP contribution < -0.4 is 15.4 Å². The molecule has 1 amide bonds. The van der Waals surface area contributed by atoms with Crippen molar-refractivity contribution >= 4 is 24.0 Å². The van der Waals surface area contributed by atoms with Crippen molar-refractivity contribution in [1.82, 2.24) is 15.1 Å². The summed E-state index contributed by atoms with van der Waals surface area (Å²) in [4.78, 5) is 12.2. The van der Waals surface area contributed by atoms with Crippen molar-refractivity contribution in [2.24, 2.45) is 0 Å². The second-order valence-electron chi connectivity index (χ2n) is 5.36. The zero-order valence-corrected chi connectivity index (χ0v) is 13.8. The van der Waals surface area contributed by atoms with Crippen LogP contribution in [0.4, 0.5) is 5.69 Å². The molecule has 3 rings (SSSR count). The van der Waals surface area contributed by atoms with Crippen molar-refractivity contribution in [3.05, 3.63) is 42.2 Å². The van der Waals surface area contributed by atoms with Gasteiger partial charge < -0.3 is 15.4 Å². The summed E-state index contributed by atoms with van der Waals surface area (Å²) in [5, 5.41) is 10.6. The van der Waals surface area contributed by atoms with Crippen LogP contribution in [-0.2, 0) is 0 Å². The SMILES string of the molecule is COc1ccc(NC(=O)c2ccn(C3CCCNC3)n2)cc1.Cl. The molecule has 7 heteroatoms. The molecule has 1 aromatic heterocycles. The Bertz CT molecular complexity index is 636. The second kappa shape index (κ2) is 7.99. The highest BCUT2D eigenvalue weighted by Crippen LogP contribution is 2.17. The molecule has 1 atom stereocenters. The Morgan fingerprint density at radius 2 is 2.13 bits per heavy atom. The first-order chi connectivity index (χ1) is 10.8. The van der Waals surface area contributed by atoms with Gasteiger partial charge in [0.25, 0.3) is 5.91 Å². The number of benzene rings is 1. The second-order valence-corrected chi connectivity index (χ2v) is 5.36. The van der Waals surface area contributed by atoms with Gasteiger partial charge >= 0.3 is 0 Å². The standard InChI is InChI=1S/C16H20N4O2.ClH/c1-22-14-6-4-12(5-7-14)18-16(21)15-8-10-20(19-15)13-3-2-9-17-11-13;/h4-8,10,13,17H,2-3,9,11H2,1H3,(H,18,21);1H. The van der Waals surface area contributed by atoms with Gasteiger partial charge in [-0.05, 0) is 49.7 Å². The van der Waals surface area contributed by atoms with Crippen molar-refractivity contribution in [3.8, 4) is 5.75 Å². The van der Waals surface area contributed by atoms with Gasteiger partial charge in [0, 0.05) is 18.4 Å². The van der Waals surface area contributed by atoms with E-state index in [-0.39, 0.29) is 18.3 Å². The van der Waals surface area contributed by atoms with Crippen molar-refractivity contribution in [2.45, 2.75) is 18.9 Å². The maximum absolute atomic E-state index is 12.2. The van der Waals surface area contributed by atoms with Gasteiger partial charge in [0.2, 0.25) is 0 Å². The average Bonchev–Trinajstić information content (AvgIpc) is 3.06. The van der Waals surface area contributed by atoms with Crippen molar-refractivity contribution < 1.29 is 9.53 Å². The van der Waals surface area contributed by atoms with Gasteiger partial charge in [0.05, 0.1) is 13.2 Å². The molecule has 2 N–H and O–H groups in total. The highest BCUT2D eigenvalue weighted by molar-refractivity contribution is 6.02. The van der Waals surface area contributed by atoms with Crippen molar-refractivity contribution in [3.63, 3.8) is 0 Å². The van der Waals surface area contributed by atoms with Gasteiger partial charge in [-0.25, -0.2) is 0 Å². The molecule has 2 aromatic rings. The number of methoxy groups -OCH3 is 1. The monoisotopic (exact) mass is 336 g/mol. The number of aromatic nitrogens is 2. The van der Waals surface area contributed by atoms with Crippen molar-refractivity contribution in [2.75, 3.05) is 25.5 Å². The molecule has 124 valence electrons. The Kier molecular flexibility index (Phi) is 6.01. The third-order valence-electron chi connectivity index (χ3n) is 3.83. The van der Waals surface area contributed by atoms with Crippen LogP contribution in [0, 0.1) is 0 Å². The van der Waals surface area contributed by atoms with Crippen LogP contribution in [0.25, 0.3) is 0 Å². The third-order valence-corrected chi connectivity index (χ3v) is 3.83. The molecule has 0 saturated carbocycles. The molecule has 0 bridgehead atoms. The molecular formula is C16H21ClN4O2. The molecule has 1 saturated heterocycles. The van der Waals surface area contributed by atoms with E-state index in [1.54, 1.807) is 25.3 Å². The van der Waals surface area contributed by atoms with E-state index >= 15 is 0 Å². The van der Waals surface area contributed by atoms with E-state index in [4.69, 9.17) is 4.74 Å². The lowest BCUT2D eigenvalue weighted by Crippen LogP contribution is -2.32. The smallest absolute Gasteiger partial charge is 0.276 e. The summed E-state index contributed by atoms with van der Waals surface area (Å²) in [5.74, 6) is 0.555. The number of amides is 1. The molecule has 6 nitrogen and oxygen atoms in total. The largest absolute Gasteiger partial charge is 0.497 e. The molecule has 0 radical (unpaired) electrons. The maximum Gasteiger partial charge on any atom is 0.276 e. The van der Waals surface area contributed by atoms with Gasteiger partial charge in [0.15, 0.2) is 5.69 Å². The van der Waals surface area contributed by atoms with Crippen molar-refractivity contribution in [1.29, 1.82) is 0 Å². The minimum atomic E-state index is -0.201. The van der Waals surface area contributed by atoms with E-state index in [2.05, 4.69) is 15.7 Å². The summed E-state index contributed by atoms with van der Waals surface area (Å²) in [7, 11) is 1.61. The zero-order valence-electron chi connectivity index (χ0n) is 13.0. The number of piperidine rings is 1. The van der Waals surface area contributed by atoms with Crippen LogP contribution in [0.15, 0.2) is 36.5 Å². The van der Waals surface area contributed by atoms with Crippen LogP contribution in [0.5, 0.6) is 5.75 Å². The topological polar surface area (TPSA) is 68.2 Å². The summed E-state index contributed by atoms with van der Waals surface area (Å²) in [6, 6.07) is 9.31. The lowest BCUT2D eigenvalue weighted by Gasteiger charge is -2.22. The van der Waals surface area contributed by atoms with Crippen LogP contribution in [-0.4, -0.2) is 35.9 Å². The zero-order chi connectivity index (χ0) is 15.4. The molecule has 2 heterocycles. The van der Waals surface area contributed by atoms with E-state index < -0.39 is 0 Å². The highest BCUT2D eigenvalue weighted by atomic mass is 35.5. The lowest BCUT2D eigenvalue weighted by atomic mass is 10.1. The molecule has 1 aliphatic heterocycles.